The van der Waals surface area contributed by atoms with Crippen LogP contribution in [0.1, 0.15) is 17.2 Å². The molecule has 1 aliphatic rings. The highest BCUT2D eigenvalue weighted by atomic mass is 16.5. The van der Waals surface area contributed by atoms with Crippen LogP contribution in [0.5, 0.6) is 5.75 Å². The number of aromatic nitrogens is 1. The van der Waals surface area contributed by atoms with Crippen molar-refractivity contribution in [1.29, 1.82) is 0 Å². The van der Waals surface area contributed by atoms with Gasteiger partial charge in [-0.05, 0) is 23.8 Å². The molecule has 0 radical (unpaired) electrons. The van der Waals surface area contributed by atoms with Crippen molar-refractivity contribution in [2.75, 3.05) is 6.61 Å². The van der Waals surface area contributed by atoms with Crippen molar-refractivity contribution in [3.05, 3.63) is 71.9 Å². The molecule has 0 amide bonds. The molecule has 5 atom stereocenters. The summed E-state index contributed by atoms with van der Waals surface area (Å²) < 4.78 is 11.5. The van der Waals surface area contributed by atoms with E-state index in [0.29, 0.717) is 17.9 Å². The third-order valence-electron chi connectivity index (χ3n) is 5.21. The SMILES string of the molecule is OC[C@H]1OC(c2ccc(OCc3cccc4cccnc34)cc2)[C@@H](O)[C@@H](O)[C@@H]1O. The molecule has 1 aromatic heterocycles. The second-order valence-electron chi connectivity index (χ2n) is 7.10. The number of fused-ring (bicyclic) bond motifs is 1. The molecule has 0 saturated carbocycles. The molecule has 4 rings (SSSR count). The maximum Gasteiger partial charge on any atom is 0.119 e. The molecule has 29 heavy (non-hydrogen) atoms. The Hall–Kier alpha value is -2.55. The first-order chi connectivity index (χ1) is 14.1. The number of ether oxygens (including phenoxy) is 2. The summed E-state index contributed by atoms with van der Waals surface area (Å²) in [5, 5.41) is 40.5. The van der Waals surface area contributed by atoms with Crippen molar-refractivity contribution >= 4 is 10.9 Å². The van der Waals surface area contributed by atoms with Crippen LogP contribution >= 0.6 is 0 Å². The van der Waals surface area contributed by atoms with Gasteiger partial charge < -0.3 is 29.9 Å². The number of rotatable bonds is 5. The first-order valence-corrected chi connectivity index (χ1v) is 9.44. The van der Waals surface area contributed by atoms with Crippen LogP contribution in [-0.2, 0) is 11.3 Å². The smallest absolute Gasteiger partial charge is 0.119 e. The van der Waals surface area contributed by atoms with Crippen LogP contribution in [0.25, 0.3) is 10.9 Å². The molecule has 7 heteroatoms. The summed E-state index contributed by atoms with van der Waals surface area (Å²) in [6.07, 6.45) is -4.12. The van der Waals surface area contributed by atoms with Gasteiger partial charge in [0.25, 0.3) is 0 Å². The van der Waals surface area contributed by atoms with Gasteiger partial charge in [-0.15, -0.1) is 0 Å². The van der Waals surface area contributed by atoms with Gasteiger partial charge in [-0.2, -0.15) is 0 Å². The number of nitrogens with zero attached hydrogens (tertiary/aromatic N) is 1. The van der Waals surface area contributed by atoms with E-state index in [4.69, 9.17) is 9.47 Å². The molecule has 0 spiro atoms. The zero-order chi connectivity index (χ0) is 20.4. The predicted octanol–water partition coefficient (Wildman–Crippen LogP) is 1.33. The molecule has 0 bridgehead atoms. The van der Waals surface area contributed by atoms with E-state index in [9.17, 15) is 20.4 Å². The molecule has 4 N–H and O–H groups in total. The molecule has 1 aliphatic heterocycles. The van der Waals surface area contributed by atoms with Crippen molar-refractivity contribution in [2.45, 2.75) is 37.1 Å². The van der Waals surface area contributed by atoms with Crippen molar-refractivity contribution < 1.29 is 29.9 Å². The molecule has 0 aliphatic carbocycles. The van der Waals surface area contributed by atoms with Gasteiger partial charge in [0.2, 0.25) is 0 Å². The molecule has 1 unspecified atom stereocenters. The van der Waals surface area contributed by atoms with E-state index in [1.807, 2.05) is 30.3 Å². The minimum atomic E-state index is -1.40. The minimum absolute atomic E-state index is 0.355. The van der Waals surface area contributed by atoms with Crippen molar-refractivity contribution in [3.63, 3.8) is 0 Å². The van der Waals surface area contributed by atoms with E-state index >= 15 is 0 Å². The summed E-state index contributed by atoms with van der Waals surface area (Å²) in [5.74, 6) is 0.631. The van der Waals surface area contributed by atoms with Crippen LogP contribution in [0.2, 0.25) is 0 Å². The highest BCUT2D eigenvalue weighted by molar-refractivity contribution is 5.81. The van der Waals surface area contributed by atoms with Crippen molar-refractivity contribution in [3.8, 4) is 5.75 Å². The largest absolute Gasteiger partial charge is 0.489 e. The van der Waals surface area contributed by atoms with Gasteiger partial charge in [0.05, 0.1) is 12.1 Å². The number of aliphatic hydroxyl groups excluding tert-OH is 4. The number of benzene rings is 2. The van der Waals surface area contributed by atoms with Crippen LogP contribution in [0, 0.1) is 0 Å². The number of hydrogen-bond donors (Lipinski definition) is 4. The number of hydrogen-bond acceptors (Lipinski definition) is 7. The van der Waals surface area contributed by atoms with Gasteiger partial charge in [-0.25, -0.2) is 0 Å². The van der Waals surface area contributed by atoms with Crippen LogP contribution in [0.3, 0.4) is 0 Å². The van der Waals surface area contributed by atoms with E-state index in [1.165, 1.54) is 0 Å². The Morgan fingerprint density at radius 3 is 2.41 bits per heavy atom. The lowest BCUT2D eigenvalue weighted by Crippen LogP contribution is -2.55. The topological polar surface area (TPSA) is 112 Å². The Bertz CT molecular complexity index is 956. The van der Waals surface area contributed by atoms with Gasteiger partial charge in [-0.1, -0.05) is 36.4 Å². The molecule has 152 valence electrons. The average molecular weight is 397 g/mol. The van der Waals surface area contributed by atoms with Crippen LogP contribution in [0.15, 0.2) is 60.8 Å². The Balaban J connectivity index is 1.46. The van der Waals surface area contributed by atoms with Gasteiger partial charge in [0.1, 0.15) is 42.9 Å². The van der Waals surface area contributed by atoms with Crippen molar-refractivity contribution in [2.24, 2.45) is 0 Å². The fraction of sp³-hybridized carbons (Fsp3) is 0.318. The predicted molar refractivity (Wildman–Crippen MR) is 105 cm³/mol. The standard InChI is InChI=1S/C22H23NO6/c24-11-17-19(25)20(26)21(27)22(29-17)14-6-8-16(9-7-14)28-12-15-4-1-3-13-5-2-10-23-18(13)15/h1-10,17,19-22,24-27H,11-12H2/t17-,19-,20+,21+,22?/m1/s1. The fourth-order valence-electron chi connectivity index (χ4n) is 3.58. The summed E-state index contributed by atoms with van der Waals surface area (Å²) in [6.45, 7) is -0.102. The highest BCUT2D eigenvalue weighted by Crippen LogP contribution is 2.33. The summed E-state index contributed by atoms with van der Waals surface area (Å²) >= 11 is 0. The molecular weight excluding hydrogens is 374 g/mol. The number of pyridine rings is 1. The minimum Gasteiger partial charge on any atom is -0.489 e. The summed E-state index contributed by atoms with van der Waals surface area (Å²) in [4.78, 5) is 4.42. The maximum absolute atomic E-state index is 10.2. The zero-order valence-corrected chi connectivity index (χ0v) is 15.6. The first-order valence-electron chi connectivity index (χ1n) is 9.44. The van der Waals surface area contributed by atoms with E-state index in [2.05, 4.69) is 4.98 Å². The lowest BCUT2D eigenvalue weighted by atomic mass is 9.91. The zero-order valence-electron chi connectivity index (χ0n) is 15.6. The molecule has 1 fully saturated rings. The molecule has 2 aromatic carbocycles. The molecular formula is C22H23NO6. The Labute approximate surface area is 167 Å². The third-order valence-corrected chi connectivity index (χ3v) is 5.21. The summed E-state index contributed by atoms with van der Waals surface area (Å²) in [6, 6.07) is 16.8. The van der Waals surface area contributed by atoms with E-state index in [0.717, 1.165) is 16.5 Å². The fourth-order valence-corrected chi connectivity index (χ4v) is 3.58. The quantitative estimate of drug-likeness (QED) is 0.514. The second kappa shape index (κ2) is 8.44. The lowest BCUT2D eigenvalue weighted by Gasteiger charge is -2.40. The first kappa shape index (κ1) is 19.8. The van der Waals surface area contributed by atoms with Crippen LogP contribution in [0.4, 0.5) is 0 Å². The highest BCUT2D eigenvalue weighted by Gasteiger charge is 2.43. The van der Waals surface area contributed by atoms with Crippen molar-refractivity contribution in [1.82, 2.24) is 4.98 Å². The maximum atomic E-state index is 10.2. The van der Waals surface area contributed by atoms with Gasteiger partial charge in [-0.3, -0.25) is 4.98 Å². The second-order valence-corrected chi connectivity index (χ2v) is 7.10. The average Bonchev–Trinajstić information content (AvgIpc) is 2.77. The van der Waals surface area contributed by atoms with E-state index < -0.39 is 37.1 Å². The summed E-state index contributed by atoms with van der Waals surface area (Å²) in [5.41, 5.74) is 2.48. The van der Waals surface area contributed by atoms with Gasteiger partial charge >= 0.3 is 0 Å². The molecule has 1 saturated heterocycles. The normalized spacial score (nSPS) is 27.1. The third kappa shape index (κ3) is 3.96. The Morgan fingerprint density at radius 1 is 0.897 bits per heavy atom. The lowest BCUT2D eigenvalue weighted by molar-refractivity contribution is -0.231. The number of aliphatic hydroxyl groups is 4. The van der Waals surface area contributed by atoms with E-state index in [-0.39, 0.29) is 0 Å². The van der Waals surface area contributed by atoms with Crippen LogP contribution < -0.4 is 4.74 Å². The molecule has 3 aromatic rings. The Kier molecular flexibility index (Phi) is 5.75. The van der Waals surface area contributed by atoms with Gasteiger partial charge in [0, 0.05) is 17.1 Å². The monoisotopic (exact) mass is 397 g/mol. The Morgan fingerprint density at radius 2 is 1.66 bits per heavy atom. The van der Waals surface area contributed by atoms with Crippen LogP contribution in [-0.4, -0.2) is 56.4 Å². The molecule has 7 nitrogen and oxygen atoms in total. The number of para-hydroxylation sites is 1. The van der Waals surface area contributed by atoms with E-state index in [1.54, 1.807) is 30.5 Å². The molecule has 2 heterocycles. The summed E-state index contributed by atoms with van der Waals surface area (Å²) in [7, 11) is 0. The van der Waals surface area contributed by atoms with Gasteiger partial charge in [0.15, 0.2) is 0 Å².